The second-order valence-electron chi connectivity index (χ2n) is 7.40. The molecule has 9 heteroatoms. The number of benzene rings is 3. The molecule has 3 aromatic carbocycles. The molecule has 0 bridgehead atoms. The molecule has 8 nitrogen and oxygen atoms in total. The number of hydrazone groups is 1. The van der Waals surface area contributed by atoms with E-state index in [-0.39, 0.29) is 12.5 Å². The van der Waals surface area contributed by atoms with Gasteiger partial charge in [0.2, 0.25) is 0 Å². The highest BCUT2D eigenvalue weighted by atomic mass is 35.5. The number of hydrogen-bond acceptors (Lipinski definition) is 5. The summed E-state index contributed by atoms with van der Waals surface area (Å²) in [6, 6.07) is 19.2. The van der Waals surface area contributed by atoms with Gasteiger partial charge in [-0.3, -0.25) is 14.4 Å². The monoisotopic (exact) mass is 478 g/mol. The molecule has 0 spiro atoms. The van der Waals surface area contributed by atoms with E-state index in [0.717, 1.165) is 11.1 Å². The highest BCUT2D eigenvalue weighted by Gasteiger charge is 2.13. The lowest BCUT2D eigenvalue weighted by molar-refractivity contribution is -0.136. The number of aryl methyl sites for hydroxylation is 2. The largest absolute Gasteiger partial charge is 0.484 e. The number of ether oxygens (including phenoxy) is 1. The standard InChI is InChI=1S/C25H23ClN4O4/c1-16-5-3-7-19(11-16)28-23(31)15-34-21-8-4-6-18(12-21)14-27-30-25(33)24(32)29-20-10-9-17(2)22(26)13-20/h3-14H,15H2,1-2H3,(H,28,31)(H,29,32)(H,30,33)/b27-14-. The van der Waals surface area contributed by atoms with Crippen LogP contribution in [0, 0.1) is 13.8 Å². The molecular weight excluding hydrogens is 456 g/mol. The van der Waals surface area contributed by atoms with E-state index < -0.39 is 11.8 Å². The number of halogens is 1. The highest BCUT2D eigenvalue weighted by molar-refractivity contribution is 6.39. The predicted molar refractivity (Wildman–Crippen MR) is 132 cm³/mol. The summed E-state index contributed by atoms with van der Waals surface area (Å²) in [6.45, 7) is 3.60. The minimum Gasteiger partial charge on any atom is -0.484 e. The van der Waals surface area contributed by atoms with Crippen LogP contribution in [0.5, 0.6) is 5.75 Å². The fraction of sp³-hybridized carbons (Fsp3) is 0.120. The average molecular weight is 479 g/mol. The number of nitrogens with zero attached hydrogens (tertiary/aromatic N) is 1. The van der Waals surface area contributed by atoms with Gasteiger partial charge in [-0.1, -0.05) is 41.9 Å². The molecule has 3 aromatic rings. The van der Waals surface area contributed by atoms with Crippen molar-refractivity contribution in [3.8, 4) is 5.75 Å². The smallest absolute Gasteiger partial charge is 0.329 e. The number of carbonyl (C=O) groups excluding carboxylic acids is 3. The minimum absolute atomic E-state index is 0.172. The van der Waals surface area contributed by atoms with Crippen molar-refractivity contribution >= 4 is 46.9 Å². The summed E-state index contributed by atoms with van der Waals surface area (Å²) in [5, 5.41) is 9.48. The summed E-state index contributed by atoms with van der Waals surface area (Å²) in [4.78, 5) is 36.1. The zero-order chi connectivity index (χ0) is 24.5. The predicted octanol–water partition coefficient (Wildman–Crippen LogP) is 4.06. The van der Waals surface area contributed by atoms with Gasteiger partial charge in [0, 0.05) is 16.4 Å². The normalized spacial score (nSPS) is 10.6. The van der Waals surface area contributed by atoms with Gasteiger partial charge < -0.3 is 15.4 Å². The van der Waals surface area contributed by atoms with Crippen molar-refractivity contribution in [1.29, 1.82) is 0 Å². The lowest BCUT2D eigenvalue weighted by Crippen LogP contribution is -2.32. The van der Waals surface area contributed by atoms with Crippen LogP contribution in [0.1, 0.15) is 16.7 Å². The van der Waals surface area contributed by atoms with E-state index in [1.54, 1.807) is 48.5 Å². The topological polar surface area (TPSA) is 109 Å². The zero-order valence-electron chi connectivity index (χ0n) is 18.6. The fourth-order valence-electron chi connectivity index (χ4n) is 2.83. The Bertz CT molecular complexity index is 1240. The lowest BCUT2D eigenvalue weighted by Gasteiger charge is -2.08. The molecule has 0 aromatic heterocycles. The molecule has 0 aliphatic carbocycles. The van der Waals surface area contributed by atoms with Gasteiger partial charge in [-0.25, -0.2) is 5.43 Å². The van der Waals surface area contributed by atoms with E-state index in [2.05, 4.69) is 21.2 Å². The molecule has 0 heterocycles. The molecule has 3 N–H and O–H groups in total. The van der Waals surface area contributed by atoms with Crippen molar-refractivity contribution in [2.75, 3.05) is 17.2 Å². The van der Waals surface area contributed by atoms with Crippen molar-refractivity contribution in [2.24, 2.45) is 5.10 Å². The number of rotatable bonds is 7. The van der Waals surface area contributed by atoms with Crippen LogP contribution in [0.2, 0.25) is 5.02 Å². The number of carbonyl (C=O) groups is 3. The van der Waals surface area contributed by atoms with Gasteiger partial charge in [-0.2, -0.15) is 5.10 Å². The Labute approximate surface area is 202 Å². The maximum Gasteiger partial charge on any atom is 0.329 e. The van der Waals surface area contributed by atoms with Crippen LogP contribution in [0.25, 0.3) is 0 Å². The van der Waals surface area contributed by atoms with E-state index in [1.807, 2.05) is 32.0 Å². The molecule has 0 radical (unpaired) electrons. The number of amides is 3. The fourth-order valence-corrected chi connectivity index (χ4v) is 3.01. The summed E-state index contributed by atoms with van der Waals surface area (Å²) in [6.07, 6.45) is 1.35. The summed E-state index contributed by atoms with van der Waals surface area (Å²) < 4.78 is 5.53. The highest BCUT2D eigenvalue weighted by Crippen LogP contribution is 2.19. The third-order valence-electron chi connectivity index (χ3n) is 4.55. The van der Waals surface area contributed by atoms with Crippen LogP contribution in [0.15, 0.2) is 71.8 Å². The van der Waals surface area contributed by atoms with Gasteiger partial charge >= 0.3 is 11.8 Å². The first-order valence-corrected chi connectivity index (χ1v) is 10.7. The Hall–Kier alpha value is -4.17. The molecule has 0 fully saturated rings. The maximum absolute atomic E-state index is 12.1. The van der Waals surface area contributed by atoms with E-state index in [0.29, 0.717) is 27.7 Å². The first kappa shape index (κ1) is 24.5. The van der Waals surface area contributed by atoms with Gasteiger partial charge in [0.15, 0.2) is 6.61 Å². The molecule has 3 amide bonds. The summed E-state index contributed by atoms with van der Waals surface area (Å²) in [7, 11) is 0. The van der Waals surface area contributed by atoms with Crippen molar-refractivity contribution in [3.05, 3.63) is 88.4 Å². The first-order valence-electron chi connectivity index (χ1n) is 10.3. The van der Waals surface area contributed by atoms with Gasteiger partial charge in [-0.15, -0.1) is 0 Å². The zero-order valence-corrected chi connectivity index (χ0v) is 19.3. The molecule has 34 heavy (non-hydrogen) atoms. The quantitative estimate of drug-likeness (QED) is 0.270. The van der Waals surface area contributed by atoms with E-state index in [4.69, 9.17) is 16.3 Å². The number of hydrogen-bond donors (Lipinski definition) is 3. The van der Waals surface area contributed by atoms with E-state index in [9.17, 15) is 14.4 Å². The van der Waals surface area contributed by atoms with Crippen LogP contribution in [0.4, 0.5) is 11.4 Å². The second kappa shape index (κ2) is 11.6. The Kier molecular flexibility index (Phi) is 8.37. The Morgan fingerprint density at radius 2 is 1.68 bits per heavy atom. The Morgan fingerprint density at radius 3 is 2.44 bits per heavy atom. The third kappa shape index (κ3) is 7.46. The molecule has 0 atom stereocenters. The summed E-state index contributed by atoms with van der Waals surface area (Å²) in [5.41, 5.74) is 5.74. The van der Waals surface area contributed by atoms with Gasteiger partial charge in [0.25, 0.3) is 5.91 Å². The molecule has 0 saturated carbocycles. The lowest BCUT2D eigenvalue weighted by atomic mass is 10.2. The Morgan fingerprint density at radius 1 is 0.912 bits per heavy atom. The van der Waals surface area contributed by atoms with Crippen LogP contribution >= 0.6 is 11.6 Å². The van der Waals surface area contributed by atoms with E-state index in [1.165, 1.54) is 6.21 Å². The van der Waals surface area contributed by atoms with Crippen molar-refractivity contribution < 1.29 is 19.1 Å². The first-order chi connectivity index (χ1) is 16.3. The molecule has 0 aliphatic heterocycles. The molecule has 174 valence electrons. The average Bonchev–Trinajstić information content (AvgIpc) is 2.80. The minimum atomic E-state index is -0.937. The van der Waals surface area contributed by atoms with Crippen LogP contribution in [-0.4, -0.2) is 30.5 Å². The number of nitrogens with one attached hydrogen (secondary N) is 3. The van der Waals surface area contributed by atoms with Gasteiger partial charge in [-0.05, 0) is 66.9 Å². The molecule has 3 rings (SSSR count). The second-order valence-corrected chi connectivity index (χ2v) is 7.80. The van der Waals surface area contributed by atoms with Crippen molar-refractivity contribution in [1.82, 2.24) is 5.43 Å². The molecule has 0 aliphatic rings. The van der Waals surface area contributed by atoms with Crippen molar-refractivity contribution in [3.63, 3.8) is 0 Å². The van der Waals surface area contributed by atoms with Crippen LogP contribution in [0.3, 0.4) is 0 Å². The summed E-state index contributed by atoms with van der Waals surface area (Å²) in [5.74, 6) is -1.66. The van der Waals surface area contributed by atoms with Crippen LogP contribution < -0.4 is 20.8 Å². The molecular formula is C25H23ClN4O4. The van der Waals surface area contributed by atoms with Crippen molar-refractivity contribution in [2.45, 2.75) is 13.8 Å². The van der Waals surface area contributed by atoms with Gasteiger partial charge in [0.1, 0.15) is 5.75 Å². The Balaban J connectivity index is 1.48. The SMILES string of the molecule is Cc1cccc(NC(=O)COc2cccc(/C=N\NC(=O)C(=O)Nc3ccc(C)c(Cl)c3)c2)c1. The molecule has 0 saturated heterocycles. The van der Waals surface area contributed by atoms with Crippen LogP contribution in [-0.2, 0) is 14.4 Å². The third-order valence-corrected chi connectivity index (χ3v) is 4.95. The maximum atomic E-state index is 12.1. The van der Waals surface area contributed by atoms with E-state index >= 15 is 0 Å². The number of anilines is 2. The van der Waals surface area contributed by atoms with Gasteiger partial charge in [0.05, 0.1) is 6.21 Å². The summed E-state index contributed by atoms with van der Waals surface area (Å²) >= 11 is 6.01. The molecule has 0 unspecified atom stereocenters.